The summed E-state index contributed by atoms with van der Waals surface area (Å²) in [6.07, 6.45) is 3.12. The fourth-order valence-corrected chi connectivity index (χ4v) is 2.26. The van der Waals surface area contributed by atoms with E-state index >= 15 is 0 Å². The van der Waals surface area contributed by atoms with E-state index in [0.717, 1.165) is 36.5 Å². The molecule has 102 valence electrons. The van der Waals surface area contributed by atoms with Gasteiger partial charge in [-0.25, -0.2) is 0 Å². The summed E-state index contributed by atoms with van der Waals surface area (Å²) in [7, 11) is 3.82. The number of H-pyrrole nitrogens is 1. The maximum Gasteiger partial charge on any atom is 0.128 e. The van der Waals surface area contributed by atoms with Crippen molar-refractivity contribution in [1.29, 1.82) is 0 Å². The van der Waals surface area contributed by atoms with Crippen molar-refractivity contribution >= 4 is 0 Å². The highest BCUT2D eigenvalue weighted by atomic mass is 16.5. The van der Waals surface area contributed by atoms with E-state index in [1.165, 1.54) is 5.56 Å². The SMILES string of the molecule is CCCN(C)Cc1c[nH]nc1-c1ccccc1OC. The molecule has 0 spiro atoms. The van der Waals surface area contributed by atoms with Crippen LogP contribution in [0.2, 0.25) is 0 Å². The normalized spacial score (nSPS) is 10.9. The van der Waals surface area contributed by atoms with E-state index in [-0.39, 0.29) is 0 Å². The number of aromatic nitrogens is 2. The Hall–Kier alpha value is -1.81. The van der Waals surface area contributed by atoms with Crippen molar-refractivity contribution in [2.45, 2.75) is 19.9 Å². The molecule has 1 aromatic heterocycles. The van der Waals surface area contributed by atoms with Gasteiger partial charge in [-0.2, -0.15) is 5.10 Å². The van der Waals surface area contributed by atoms with Gasteiger partial charge in [0.2, 0.25) is 0 Å². The number of rotatable bonds is 6. The number of aromatic amines is 1. The molecule has 0 atom stereocenters. The quantitative estimate of drug-likeness (QED) is 0.867. The molecule has 4 nitrogen and oxygen atoms in total. The van der Waals surface area contributed by atoms with Crippen LogP contribution in [0, 0.1) is 0 Å². The monoisotopic (exact) mass is 259 g/mol. The van der Waals surface area contributed by atoms with Crippen molar-refractivity contribution in [2.24, 2.45) is 0 Å². The van der Waals surface area contributed by atoms with E-state index < -0.39 is 0 Å². The van der Waals surface area contributed by atoms with Crippen LogP contribution in [-0.4, -0.2) is 35.8 Å². The number of hydrogen-bond acceptors (Lipinski definition) is 3. The summed E-state index contributed by atoms with van der Waals surface area (Å²) in [5.41, 5.74) is 3.20. The zero-order valence-corrected chi connectivity index (χ0v) is 11.8. The Balaban J connectivity index is 2.28. The van der Waals surface area contributed by atoms with Crippen LogP contribution in [0.5, 0.6) is 5.75 Å². The second-order valence-electron chi connectivity index (χ2n) is 4.70. The molecule has 0 saturated carbocycles. The van der Waals surface area contributed by atoms with Crippen LogP contribution in [0.4, 0.5) is 0 Å². The summed E-state index contributed by atoms with van der Waals surface area (Å²) in [4.78, 5) is 2.30. The Morgan fingerprint density at radius 3 is 2.84 bits per heavy atom. The summed E-state index contributed by atoms with van der Waals surface area (Å²) < 4.78 is 5.41. The molecule has 0 radical (unpaired) electrons. The third-order valence-electron chi connectivity index (χ3n) is 3.13. The highest BCUT2D eigenvalue weighted by Gasteiger charge is 2.13. The third kappa shape index (κ3) is 3.15. The summed E-state index contributed by atoms with van der Waals surface area (Å²) in [6, 6.07) is 7.98. The summed E-state index contributed by atoms with van der Waals surface area (Å²) in [6.45, 7) is 4.15. The average Bonchev–Trinajstić information content (AvgIpc) is 2.86. The Bertz CT molecular complexity index is 522. The summed E-state index contributed by atoms with van der Waals surface area (Å²) in [5.74, 6) is 0.856. The van der Waals surface area contributed by atoms with E-state index in [4.69, 9.17) is 4.74 Å². The molecule has 2 rings (SSSR count). The minimum absolute atomic E-state index is 0.856. The molecule has 0 fully saturated rings. The number of methoxy groups -OCH3 is 1. The van der Waals surface area contributed by atoms with Crippen molar-refractivity contribution in [3.8, 4) is 17.0 Å². The topological polar surface area (TPSA) is 41.2 Å². The Labute approximate surface area is 114 Å². The van der Waals surface area contributed by atoms with Gasteiger partial charge in [0, 0.05) is 23.9 Å². The zero-order valence-electron chi connectivity index (χ0n) is 11.8. The van der Waals surface area contributed by atoms with E-state index in [1.54, 1.807) is 7.11 Å². The number of nitrogens with one attached hydrogen (secondary N) is 1. The van der Waals surface area contributed by atoms with Crippen LogP contribution in [-0.2, 0) is 6.54 Å². The fraction of sp³-hybridized carbons (Fsp3) is 0.400. The fourth-order valence-electron chi connectivity index (χ4n) is 2.26. The van der Waals surface area contributed by atoms with Gasteiger partial charge in [-0.1, -0.05) is 19.1 Å². The van der Waals surface area contributed by atoms with Gasteiger partial charge >= 0.3 is 0 Å². The van der Waals surface area contributed by atoms with Crippen LogP contribution in [0.15, 0.2) is 30.5 Å². The zero-order chi connectivity index (χ0) is 13.7. The number of benzene rings is 1. The van der Waals surface area contributed by atoms with Crippen LogP contribution in [0.25, 0.3) is 11.3 Å². The van der Waals surface area contributed by atoms with E-state index in [0.29, 0.717) is 0 Å². The van der Waals surface area contributed by atoms with Gasteiger partial charge in [-0.3, -0.25) is 5.10 Å². The summed E-state index contributed by atoms with van der Waals surface area (Å²) >= 11 is 0. The van der Waals surface area contributed by atoms with Crippen molar-refractivity contribution < 1.29 is 4.74 Å². The molecule has 0 aliphatic rings. The maximum absolute atomic E-state index is 5.41. The lowest BCUT2D eigenvalue weighted by Crippen LogP contribution is -2.18. The molecule has 19 heavy (non-hydrogen) atoms. The molecule has 1 N–H and O–H groups in total. The van der Waals surface area contributed by atoms with Gasteiger partial charge in [0.15, 0.2) is 0 Å². The van der Waals surface area contributed by atoms with Crippen molar-refractivity contribution in [3.05, 3.63) is 36.0 Å². The first-order chi connectivity index (χ1) is 9.26. The molecule has 4 heteroatoms. The highest BCUT2D eigenvalue weighted by Crippen LogP contribution is 2.30. The first-order valence-electron chi connectivity index (χ1n) is 6.60. The number of ether oxygens (including phenoxy) is 1. The van der Waals surface area contributed by atoms with Gasteiger partial charge in [0.05, 0.1) is 7.11 Å². The second-order valence-corrected chi connectivity index (χ2v) is 4.70. The number of para-hydroxylation sites is 1. The molecule has 0 unspecified atom stereocenters. The highest BCUT2D eigenvalue weighted by molar-refractivity contribution is 5.69. The lowest BCUT2D eigenvalue weighted by molar-refractivity contribution is 0.328. The molecule has 2 aromatic rings. The Morgan fingerprint density at radius 2 is 2.11 bits per heavy atom. The van der Waals surface area contributed by atoms with Crippen LogP contribution in [0.1, 0.15) is 18.9 Å². The van der Waals surface area contributed by atoms with Gasteiger partial charge in [-0.05, 0) is 32.1 Å². The molecule has 1 heterocycles. The maximum atomic E-state index is 5.41. The smallest absolute Gasteiger partial charge is 0.128 e. The van der Waals surface area contributed by atoms with E-state index in [9.17, 15) is 0 Å². The second kappa shape index (κ2) is 6.38. The average molecular weight is 259 g/mol. The molecule has 0 amide bonds. The lowest BCUT2D eigenvalue weighted by atomic mass is 10.1. The minimum atomic E-state index is 0.856. The van der Waals surface area contributed by atoms with E-state index in [1.807, 2.05) is 30.5 Å². The van der Waals surface area contributed by atoms with Crippen molar-refractivity contribution in [3.63, 3.8) is 0 Å². The third-order valence-corrected chi connectivity index (χ3v) is 3.13. The molecule has 0 aliphatic heterocycles. The summed E-state index contributed by atoms with van der Waals surface area (Å²) in [5, 5.41) is 7.34. The Kier molecular flexibility index (Phi) is 4.58. The van der Waals surface area contributed by atoms with Crippen molar-refractivity contribution in [2.75, 3.05) is 20.7 Å². The first kappa shape index (κ1) is 13.6. The molecular weight excluding hydrogens is 238 g/mol. The van der Waals surface area contributed by atoms with Crippen LogP contribution >= 0.6 is 0 Å². The molecule has 0 saturated heterocycles. The van der Waals surface area contributed by atoms with Crippen LogP contribution < -0.4 is 4.74 Å². The Morgan fingerprint density at radius 1 is 1.32 bits per heavy atom. The minimum Gasteiger partial charge on any atom is -0.496 e. The lowest BCUT2D eigenvalue weighted by Gasteiger charge is -2.15. The van der Waals surface area contributed by atoms with Gasteiger partial charge < -0.3 is 9.64 Å². The molecule has 0 bridgehead atoms. The molecular formula is C15H21N3O. The molecule has 1 aromatic carbocycles. The van der Waals surface area contributed by atoms with Gasteiger partial charge in [-0.15, -0.1) is 0 Å². The van der Waals surface area contributed by atoms with Gasteiger partial charge in [0.1, 0.15) is 11.4 Å². The first-order valence-corrected chi connectivity index (χ1v) is 6.60. The number of nitrogens with zero attached hydrogens (tertiary/aromatic N) is 2. The predicted octanol–water partition coefficient (Wildman–Crippen LogP) is 2.93. The van der Waals surface area contributed by atoms with Crippen molar-refractivity contribution in [1.82, 2.24) is 15.1 Å². The largest absolute Gasteiger partial charge is 0.496 e. The molecule has 0 aliphatic carbocycles. The standard InChI is InChI=1S/C15H21N3O/c1-4-9-18(2)11-12-10-16-17-15(12)13-7-5-6-8-14(13)19-3/h5-8,10H,4,9,11H2,1-3H3,(H,16,17). The van der Waals surface area contributed by atoms with E-state index in [2.05, 4.69) is 29.1 Å². The predicted molar refractivity (Wildman–Crippen MR) is 77.2 cm³/mol. The number of hydrogen-bond donors (Lipinski definition) is 1. The van der Waals surface area contributed by atoms with Gasteiger partial charge in [0.25, 0.3) is 0 Å². The van der Waals surface area contributed by atoms with Crippen LogP contribution in [0.3, 0.4) is 0 Å².